The third-order valence-electron chi connectivity index (χ3n) is 5.82. The monoisotopic (exact) mass is 402 g/mol. The van der Waals surface area contributed by atoms with Crippen LogP contribution in [0.25, 0.3) is 10.9 Å². The molecule has 1 aliphatic heterocycles. The number of sulfone groups is 1. The smallest absolute Gasteiger partial charge is 0.223 e. The number of rotatable bonds is 4. The molecule has 2 fully saturated rings. The standard InChI is InChI=1S/C21H26N2O4S/c24-21(15-9-12-28(25,26)13-10-15)23-17-3-5-18(6-4-17)27-19-7-8-20-16(14-19)2-1-11-22-20/h1-2,7-8,11,14-15,17-18H,3-6,9-10,12-13H2,(H,23,24). The summed E-state index contributed by atoms with van der Waals surface area (Å²) in [5, 5.41) is 4.19. The molecule has 1 saturated carbocycles. The molecule has 0 atom stereocenters. The number of ether oxygens (including phenoxy) is 1. The van der Waals surface area contributed by atoms with Crippen molar-refractivity contribution >= 4 is 26.6 Å². The molecular weight excluding hydrogens is 376 g/mol. The van der Waals surface area contributed by atoms with Gasteiger partial charge >= 0.3 is 0 Å². The number of carbonyl (C=O) groups is 1. The summed E-state index contributed by atoms with van der Waals surface area (Å²) in [6.07, 6.45) is 6.40. The van der Waals surface area contributed by atoms with Crippen LogP contribution in [0.5, 0.6) is 5.75 Å². The van der Waals surface area contributed by atoms with Gasteiger partial charge in [0, 0.05) is 23.5 Å². The third kappa shape index (κ3) is 4.63. The molecule has 150 valence electrons. The molecular formula is C21H26N2O4S. The number of nitrogens with zero attached hydrogens (tertiary/aromatic N) is 1. The molecule has 2 heterocycles. The second kappa shape index (κ2) is 8.07. The van der Waals surface area contributed by atoms with Crippen LogP contribution in [0.2, 0.25) is 0 Å². The first-order chi connectivity index (χ1) is 13.5. The number of benzene rings is 1. The molecule has 6 nitrogen and oxygen atoms in total. The number of pyridine rings is 1. The molecule has 0 spiro atoms. The summed E-state index contributed by atoms with van der Waals surface area (Å²) in [6, 6.07) is 10.1. The van der Waals surface area contributed by atoms with E-state index in [9.17, 15) is 13.2 Å². The molecule has 4 rings (SSSR count). The highest BCUT2D eigenvalue weighted by molar-refractivity contribution is 7.91. The maximum Gasteiger partial charge on any atom is 0.223 e. The highest BCUT2D eigenvalue weighted by atomic mass is 32.2. The minimum atomic E-state index is -2.93. The summed E-state index contributed by atoms with van der Waals surface area (Å²) in [4.78, 5) is 16.8. The van der Waals surface area contributed by atoms with Gasteiger partial charge < -0.3 is 10.1 Å². The number of hydrogen-bond donors (Lipinski definition) is 1. The molecule has 1 aromatic carbocycles. The van der Waals surface area contributed by atoms with Crippen molar-refractivity contribution in [2.75, 3.05) is 11.5 Å². The second-order valence-corrected chi connectivity index (χ2v) is 10.2. The molecule has 0 radical (unpaired) electrons. The zero-order valence-electron chi connectivity index (χ0n) is 15.8. The van der Waals surface area contributed by atoms with Crippen molar-refractivity contribution in [1.82, 2.24) is 10.3 Å². The normalized spacial score (nSPS) is 25.3. The first-order valence-corrected chi connectivity index (χ1v) is 11.8. The first kappa shape index (κ1) is 19.2. The van der Waals surface area contributed by atoms with Gasteiger partial charge in [0.1, 0.15) is 15.6 Å². The highest BCUT2D eigenvalue weighted by Gasteiger charge is 2.31. The predicted octanol–water partition coefficient (Wildman–Crippen LogP) is 2.87. The van der Waals surface area contributed by atoms with Crippen LogP contribution in [0.15, 0.2) is 36.5 Å². The quantitative estimate of drug-likeness (QED) is 0.850. The lowest BCUT2D eigenvalue weighted by atomic mass is 9.92. The third-order valence-corrected chi connectivity index (χ3v) is 7.54. The van der Waals surface area contributed by atoms with Crippen LogP contribution >= 0.6 is 0 Å². The molecule has 2 aromatic rings. The van der Waals surface area contributed by atoms with Gasteiger partial charge in [-0.3, -0.25) is 9.78 Å². The maximum absolute atomic E-state index is 12.4. The van der Waals surface area contributed by atoms with E-state index in [1.807, 2.05) is 30.3 Å². The van der Waals surface area contributed by atoms with Gasteiger partial charge in [0.2, 0.25) is 5.91 Å². The van der Waals surface area contributed by atoms with Crippen LogP contribution in [0.3, 0.4) is 0 Å². The second-order valence-electron chi connectivity index (χ2n) is 7.88. The van der Waals surface area contributed by atoms with E-state index in [0.29, 0.717) is 12.8 Å². The summed E-state index contributed by atoms with van der Waals surface area (Å²) in [6.45, 7) is 0. The lowest BCUT2D eigenvalue weighted by Crippen LogP contribution is -2.44. The van der Waals surface area contributed by atoms with Crippen LogP contribution in [0, 0.1) is 5.92 Å². The fourth-order valence-corrected chi connectivity index (χ4v) is 5.61. The lowest BCUT2D eigenvalue weighted by Gasteiger charge is -2.31. The Labute approximate surface area is 165 Å². The topological polar surface area (TPSA) is 85.4 Å². The summed E-state index contributed by atoms with van der Waals surface area (Å²) >= 11 is 0. The van der Waals surface area contributed by atoms with Gasteiger partial charge in [-0.15, -0.1) is 0 Å². The SMILES string of the molecule is O=C(NC1CCC(Oc2ccc3ncccc3c2)CC1)C1CCS(=O)(=O)CC1. The van der Waals surface area contributed by atoms with Crippen molar-refractivity contribution < 1.29 is 17.9 Å². The predicted molar refractivity (Wildman–Crippen MR) is 108 cm³/mol. The van der Waals surface area contributed by atoms with Crippen LogP contribution < -0.4 is 10.1 Å². The first-order valence-electron chi connectivity index (χ1n) is 10.0. The van der Waals surface area contributed by atoms with Crippen molar-refractivity contribution in [3.05, 3.63) is 36.5 Å². The van der Waals surface area contributed by atoms with Gasteiger partial charge in [-0.25, -0.2) is 8.42 Å². The number of fused-ring (bicyclic) bond motifs is 1. The Hall–Kier alpha value is -2.15. The fourth-order valence-electron chi connectivity index (χ4n) is 4.12. The van der Waals surface area contributed by atoms with E-state index in [-0.39, 0.29) is 35.5 Å². The summed E-state index contributed by atoms with van der Waals surface area (Å²) in [5.41, 5.74) is 0.955. The summed E-state index contributed by atoms with van der Waals surface area (Å²) < 4.78 is 29.2. The number of hydrogen-bond acceptors (Lipinski definition) is 5. The minimum Gasteiger partial charge on any atom is -0.490 e. The fraction of sp³-hybridized carbons (Fsp3) is 0.524. The Morgan fingerprint density at radius 1 is 1.04 bits per heavy atom. The Morgan fingerprint density at radius 3 is 2.54 bits per heavy atom. The molecule has 1 aromatic heterocycles. The lowest BCUT2D eigenvalue weighted by molar-refractivity contribution is -0.126. The van der Waals surface area contributed by atoms with Crippen molar-refractivity contribution in [2.45, 2.75) is 50.7 Å². The molecule has 1 amide bonds. The van der Waals surface area contributed by atoms with E-state index in [1.54, 1.807) is 6.20 Å². The highest BCUT2D eigenvalue weighted by Crippen LogP contribution is 2.27. The van der Waals surface area contributed by atoms with Crippen molar-refractivity contribution in [3.8, 4) is 5.75 Å². The Morgan fingerprint density at radius 2 is 1.79 bits per heavy atom. The molecule has 0 bridgehead atoms. The molecule has 1 N–H and O–H groups in total. The largest absolute Gasteiger partial charge is 0.490 e. The van der Waals surface area contributed by atoms with Crippen LogP contribution in [-0.4, -0.2) is 43.0 Å². The number of amides is 1. The van der Waals surface area contributed by atoms with E-state index in [1.165, 1.54) is 0 Å². The summed E-state index contributed by atoms with van der Waals surface area (Å²) in [7, 11) is -2.93. The Balaban J connectivity index is 1.25. The van der Waals surface area contributed by atoms with E-state index in [2.05, 4.69) is 10.3 Å². The molecule has 1 saturated heterocycles. The van der Waals surface area contributed by atoms with Crippen LogP contribution in [0.4, 0.5) is 0 Å². The number of aromatic nitrogens is 1. The molecule has 1 aliphatic carbocycles. The van der Waals surface area contributed by atoms with Crippen molar-refractivity contribution in [3.63, 3.8) is 0 Å². The molecule has 28 heavy (non-hydrogen) atoms. The minimum absolute atomic E-state index is 0.0151. The molecule has 0 unspecified atom stereocenters. The Kier molecular flexibility index (Phi) is 5.53. The van der Waals surface area contributed by atoms with Gasteiger partial charge in [0.25, 0.3) is 0 Å². The van der Waals surface area contributed by atoms with Gasteiger partial charge in [0.15, 0.2) is 0 Å². The number of nitrogens with one attached hydrogen (secondary N) is 1. The van der Waals surface area contributed by atoms with Crippen molar-refractivity contribution in [2.24, 2.45) is 5.92 Å². The van der Waals surface area contributed by atoms with E-state index < -0.39 is 9.84 Å². The summed E-state index contributed by atoms with van der Waals surface area (Å²) in [5.74, 6) is 0.973. The van der Waals surface area contributed by atoms with E-state index >= 15 is 0 Å². The molecule has 2 aliphatic rings. The van der Waals surface area contributed by atoms with Gasteiger partial charge in [-0.2, -0.15) is 0 Å². The van der Waals surface area contributed by atoms with E-state index in [0.717, 1.165) is 42.3 Å². The zero-order valence-corrected chi connectivity index (χ0v) is 16.7. The average Bonchev–Trinajstić information content (AvgIpc) is 2.69. The van der Waals surface area contributed by atoms with Crippen molar-refractivity contribution in [1.29, 1.82) is 0 Å². The average molecular weight is 403 g/mol. The van der Waals surface area contributed by atoms with Gasteiger partial charge in [0.05, 0.1) is 23.1 Å². The van der Waals surface area contributed by atoms with E-state index in [4.69, 9.17) is 4.74 Å². The number of carbonyl (C=O) groups excluding carboxylic acids is 1. The van der Waals surface area contributed by atoms with Gasteiger partial charge in [-0.1, -0.05) is 6.07 Å². The zero-order chi connectivity index (χ0) is 19.6. The van der Waals surface area contributed by atoms with Gasteiger partial charge in [-0.05, 0) is 62.8 Å². The molecule has 7 heteroatoms. The Bertz CT molecular complexity index is 938. The maximum atomic E-state index is 12.4. The van der Waals surface area contributed by atoms with Crippen LogP contribution in [0.1, 0.15) is 38.5 Å². The van der Waals surface area contributed by atoms with Crippen LogP contribution in [-0.2, 0) is 14.6 Å².